The van der Waals surface area contributed by atoms with E-state index in [1.54, 1.807) is 32.9 Å². The van der Waals surface area contributed by atoms with Gasteiger partial charge in [0.05, 0.1) is 18.8 Å². The van der Waals surface area contributed by atoms with Crippen molar-refractivity contribution in [1.29, 1.82) is 0 Å². The van der Waals surface area contributed by atoms with Crippen LogP contribution in [0.25, 0.3) is 6.08 Å². The van der Waals surface area contributed by atoms with Gasteiger partial charge in [0.2, 0.25) is 0 Å². The summed E-state index contributed by atoms with van der Waals surface area (Å²) in [4.78, 5) is 11.8. The van der Waals surface area contributed by atoms with Gasteiger partial charge < -0.3 is 20.3 Å². The van der Waals surface area contributed by atoms with Crippen LogP contribution >= 0.6 is 0 Å². The van der Waals surface area contributed by atoms with Crippen LogP contribution in [-0.2, 0) is 11.2 Å². The Balaban J connectivity index is 0.00000352. The third kappa shape index (κ3) is 11.8. The molecule has 0 aliphatic heterocycles. The zero-order chi connectivity index (χ0) is 21.6. The standard InChI is InChI=1S/C21H33NO4.C2H6/c1-5-6-7-8-16-9-11-17(12-10-16)13-14-19(24)18(15-23)22-20(25)26-21(2,3)4;1-2/h9-14,18-19,23-24H,5-8,15H2,1-4H3,(H,22,25);1-2H3/b14-13+;/t18?,19-;/m0./s1. The number of aryl methyl sites for hydroxylation is 1. The van der Waals surface area contributed by atoms with Crippen LogP contribution in [0.1, 0.15) is 71.9 Å². The molecule has 0 radical (unpaired) electrons. The van der Waals surface area contributed by atoms with Crippen molar-refractivity contribution >= 4 is 12.2 Å². The largest absolute Gasteiger partial charge is 0.444 e. The van der Waals surface area contributed by atoms with E-state index < -0.39 is 23.8 Å². The minimum atomic E-state index is -1.02. The van der Waals surface area contributed by atoms with Crippen LogP contribution in [0.15, 0.2) is 30.3 Å². The number of nitrogens with one attached hydrogen (secondary N) is 1. The second-order valence-electron chi connectivity index (χ2n) is 7.48. The molecule has 1 unspecified atom stereocenters. The maximum atomic E-state index is 11.8. The highest BCUT2D eigenvalue weighted by Crippen LogP contribution is 2.11. The van der Waals surface area contributed by atoms with E-state index in [9.17, 15) is 15.0 Å². The van der Waals surface area contributed by atoms with Gasteiger partial charge in [-0.25, -0.2) is 4.79 Å². The maximum absolute atomic E-state index is 11.8. The van der Waals surface area contributed by atoms with Crippen LogP contribution in [0.3, 0.4) is 0 Å². The fourth-order valence-corrected chi connectivity index (χ4v) is 2.42. The molecule has 160 valence electrons. The molecule has 1 amide bonds. The molecule has 1 rings (SSSR count). The molecule has 1 aromatic rings. The molecule has 0 spiro atoms. The Hall–Kier alpha value is -1.85. The van der Waals surface area contributed by atoms with Gasteiger partial charge in [0, 0.05) is 0 Å². The van der Waals surface area contributed by atoms with Crippen molar-refractivity contribution in [3.05, 3.63) is 41.5 Å². The lowest BCUT2D eigenvalue weighted by Gasteiger charge is -2.24. The fraction of sp³-hybridized carbons (Fsp3) is 0.609. The Labute approximate surface area is 170 Å². The number of aliphatic hydroxyl groups excluding tert-OH is 2. The molecular formula is C23H39NO4. The van der Waals surface area contributed by atoms with Crippen LogP contribution in [0.5, 0.6) is 0 Å². The van der Waals surface area contributed by atoms with E-state index in [-0.39, 0.29) is 6.61 Å². The summed E-state index contributed by atoms with van der Waals surface area (Å²) in [5.41, 5.74) is 1.62. The average molecular weight is 394 g/mol. The lowest BCUT2D eigenvalue weighted by atomic mass is 10.0. The van der Waals surface area contributed by atoms with Crippen molar-refractivity contribution in [3.8, 4) is 0 Å². The van der Waals surface area contributed by atoms with Gasteiger partial charge in [-0.05, 0) is 44.7 Å². The number of benzene rings is 1. The van der Waals surface area contributed by atoms with E-state index in [2.05, 4.69) is 24.4 Å². The molecule has 0 aromatic heterocycles. The molecule has 28 heavy (non-hydrogen) atoms. The second kappa shape index (κ2) is 14.2. The number of hydrogen-bond acceptors (Lipinski definition) is 4. The summed E-state index contributed by atoms with van der Waals surface area (Å²) in [6, 6.07) is 7.35. The minimum absolute atomic E-state index is 0.388. The van der Waals surface area contributed by atoms with Crippen molar-refractivity contribution in [3.63, 3.8) is 0 Å². The molecule has 0 fully saturated rings. The molecule has 2 atom stereocenters. The van der Waals surface area contributed by atoms with Crippen LogP contribution in [-0.4, -0.2) is 40.7 Å². The maximum Gasteiger partial charge on any atom is 0.408 e. The Bertz CT molecular complexity index is 561. The predicted molar refractivity (Wildman–Crippen MR) is 116 cm³/mol. The summed E-state index contributed by atoms with van der Waals surface area (Å²) >= 11 is 0. The Morgan fingerprint density at radius 1 is 1.18 bits per heavy atom. The number of aliphatic hydroxyl groups is 2. The molecule has 0 saturated heterocycles. The van der Waals surface area contributed by atoms with Crippen LogP contribution in [0, 0.1) is 0 Å². The summed E-state index contributed by atoms with van der Waals surface area (Å²) in [6.07, 6.45) is 6.37. The lowest BCUT2D eigenvalue weighted by Crippen LogP contribution is -2.46. The van der Waals surface area contributed by atoms with Gasteiger partial charge in [0.15, 0.2) is 0 Å². The number of amides is 1. The molecule has 3 N–H and O–H groups in total. The monoisotopic (exact) mass is 393 g/mol. The molecule has 0 aliphatic rings. The van der Waals surface area contributed by atoms with E-state index in [1.807, 2.05) is 26.0 Å². The number of alkyl carbamates (subject to hydrolysis) is 1. The van der Waals surface area contributed by atoms with E-state index in [0.29, 0.717) is 0 Å². The van der Waals surface area contributed by atoms with Crippen molar-refractivity contribution < 1.29 is 19.7 Å². The van der Waals surface area contributed by atoms with E-state index in [4.69, 9.17) is 4.74 Å². The number of hydrogen-bond donors (Lipinski definition) is 3. The quantitative estimate of drug-likeness (QED) is 0.531. The van der Waals surface area contributed by atoms with Gasteiger partial charge in [-0.3, -0.25) is 0 Å². The molecular weight excluding hydrogens is 354 g/mol. The van der Waals surface area contributed by atoms with Crippen LogP contribution in [0.4, 0.5) is 4.79 Å². The second-order valence-corrected chi connectivity index (χ2v) is 7.48. The topological polar surface area (TPSA) is 78.8 Å². The first-order valence-corrected chi connectivity index (χ1v) is 10.3. The van der Waals surface area contributed by atoms with Gasteiger partial charge in [0.1, 0.15) is 5.60 Å². The average Bonchev–Trinajstić information content (AvgIpc) is 2.65. The number of carbonyl (C=O) groups is 1. The third-order valence-corrected chi connectivity index (χ3v) is 3.85. The summed E-state index contributed by atoms with van der Waals surface area (Å²) in [5, 5.41) is 22.1. The third-order valence-electron chi connectivity index (χ3n) is 3.85. The number of ether oxygens (including phenoxy) is 1. The first-order valence-electron chi connectivity index (χ1n) is 10.3. The summed E-state index contributed by atoms with van der Waals surface area (Å²) in [5.74, 6) is 0. The fourth-order valence-electron chi connectivity index (χ4n) is 2.42. The lowest BCUT2D eigenvalue weighted by molar-refractivity contribution is 0.0406. The zero-order valence-corrected chi connectivity index (χ0v) is 18.4. The normalized spacial score (nSPS) is 13.4. The molecule has 0 aliphatic carbocycles. The van der Waals surface area contributed by atoms with Crippen molar-refractivity contribution in [2.75, 3.05) is 6.61 Å². The summed E-state index contributed by atoms with van der Waals surface area (Å²) < 4.78 is 5.14. The van der Waals surface area contributed by atoms with Gasteiger partial charge in [-0.2, -0.15) is 0 Å². The van der Waals surface area contributed by atoms with E-state index in [0.717, 1.165) is 12.0 Å². The van der Waals surface area contributed by atoms with Crippen molar-refractivity contribution in [2.45, 2.75) is 85.0 Å². The Morgan fingerprint density at radius 2 is 1.79 bits per heavy atom. The van der Waals surface area contributed by atoms with E-state index >= 15 is 0 Å². The number of unbranched alkanes of at least 4 members (excludes halogenated alkanes) is 2. The first kappa shape index (κ1) is 26.1. The first-order chi connectivity index (χ1) is 13.2. The van der Waals surface area contributed by atoms with Crippen molar-refractivity contribution in [2.24, 2.45) is 0 Å². The highest BCUT2D eigenvalue weighted by Gasteiger charge is 2.22. The summed E-state index contributed by atoms with van der Waals surface area (Å²) in [7, 11) is 0. The molecule has 5 heteroatoms. The van der Waals surface area contributed by atoms with Gasteiger partial charge in [0.25, 0.3) is 0 Å². The molecule has 0 heterocycles. The Kier molecular flexibility index (Phi) is 13.3. The van der Waals surface area contributed by atoms with Gasteiger partial charge in [-0.1, -0.05) is 70.0 Å². The highest BCUT2D eigenvalue weighted by molar-refractivity contribution is 5.68. The highest BCUT2D eigenvalue weighted by atomic mass is 16.6. The molecule has 0 bridgehead atoms. The SMILES string of the molecule is CC.CCCCCc1ccc(/C=C/[C@H](O)C(CO)NC(=O)OC(C)(C)C)cc1. The minimum Gasteiger partial charge on any atom is -0.444 e. The molecule has 0 saturated carbocycles. The Morgan fingerprint density at radius 3 is 2.29 bits per heavy atom. The van der Waals surface area contributed by atoms with Gasteiger partial charge in [-0.15, -0.1) is 0 Å². The predicted octanol–water partition coefficient (Wildman–Crippen LogP) is 4.71. The smallest absolute Gasteiger partial charge is 0.408 e. The number of rotatable bonds is 9. The van der Waals surface area contributed by atoms with Crippen molar-refractivity contribution in [1.82, 2.24) is 5.32 Å². The zero-order valence-electron chi connectivity index (χ0n) is 18.4. The van der Waals surface area contributed by atoms with Crippen LogP contribution in [0.2, 0.25) is 0 Å². The number of carbonyl (C=O) groups excluding carboxylic acids is 1. The summed E-state index contributed by atoms with van der Waals surface area (Å²) in [6.45, 7) is 11.1. The van der Waals surface area contributed by atoms with E-state index in [1.165, 1.54) is 24.8 Å². The molecule has 1 aromatic carbocycles. The van der Waals surface area contributed by atoms with Gasteiger partial charge >= 0.3 is 6.09 Å². The molecule has 5 nitrogen and oxygen atoms in total. The van der Waals surface area contributed by atoms with Crippen LogP contribution < -0.4 is 5.32 Å².